The van der Waals surface area contributed by atoms with E-state index in [1.807, 2.05) is 40.0 Å². The molecule has 3 N–H and O–H groups in total. The molecule has 1 atom stereocenters. The molecule has 0 bridgehead atoms. The highest BCUT2D eigenvalue weighted by atomic mass is 16.5. The van der Waals surface area contributed by atoms with Crippen LogP contribution in [0.1, 0.15) is 89.4 Å². The predicted molar refractivity (Wildman–Crippen MR) is 296 cm³/mol. The third-order valence-electron chi connectivity index (χ3n) is 14.2. The first-order chi connectivity index (χ1) is 37.0. The van der Waals surface area contributed by atoms with Gasteiger partial charge in [0.15, 0.2) is 0 Å². The van der Waals surface area contributed by atoms with Gasteiger partial charge in [0.2, 0.25) is 0 Å². The lowest BCUT2D eigenvalue weighted by Gasteiger charge is -2.30. The van der Waals surface area contributed by atoms with Crippen molar-refractivity contribution in [3.8, 4) is 39.9 Å². The lowest BCUT2D eigenvalue weighted by Crippen LogP contribution is -2.35. The summed E-state index contributed by atoms with van der Waals surface area (Å²) >= 11 is 0. The molecule has 0 aliphatic carbocycles. The molecule has 2 aromatic heterocycles. The third kappa shape index (κ3) is 12.6. The van der Waals surface area contributed by atoms with Gasteiger partial charge in [0, 0.05) is 83.0 Å². The number of amides is 2. The van der Waals surface area contributed by atoms with E-state index in [4.69, 9.17) is 27.8 Å². The minimum Gasteiger partial charge on any atom is -0.508 e. The van der Waals surface area contributed by atoms with Gasteiger partial charge in [-0.3, -0.25) is 14.4 Å². The Balaban J connectivity index is 1.08. The normalized spacial score (nSPS) is 15.2. The first-order valence-electron chi connectivity index (χ1n) is 25.9. The number of phenols is 1. The van der Waals surface area contributed by atoms with Crippen LogP contribution in [0.2, 0.25) is 0 Å². The SMILES string of the molecule is COc1ccc(C(=O)Nc2cc3ccc(OC4CCN(C)CC4)c(Cc4cc(C(=O)Nc5cc6ccc(OCC7CCCN(C)C7)c(C)c6oc5=O)cc(CC=C(C)C)c4OC(C)=O)c3oc2=O)cc1-c1cccc(O)c1. The van der Waals surface area contributed by atoms with E-state index in [1.165, 1.54) is 26.2 Å². The maximum absolute atomic E-state index is 14.5. The molecule has 2 saturated heterocycles. The van der Waals surface area contributed by atoms with Crippen molar-refractivity contribution in [2.75, 3.05) is 64.6 Å². The number of aromatic hydroxyl groups is 1. The topological polar surface area (TPSA) is 199 Å². The van der Waals surface area contributed by atoms with E-state index in [0.29, 0.717) is 79.5 Å². The summed E-state index contributed by atoms with van der Waals surface area (Å²) in [5.74, 6) is 0.331. The highest BCUT2D eigenvalue weighted by Crippen LogP contribution is 2.38. The summed E-state index contributed by atoms with van der Waals surface area (Å²) in [6.07, 6.45) is 5.65. The number of likely N-dealkylation sites (tertiary alicyclic amines) is 2. The number of piperidine rings is 2. The standard InChI is InChI=1S/C61H64N4O12/c1-35(2)13-14-40-26-45(59(69)63-50-31-41-15-18-52(36(3)55(41)76-60(50)70)73-34-38-10-9-23-65(6)33-38)27-44(56(40)74-37(4)66)30-49-54(75-47-21-24-64(5)25-22-47)20-16-42-32-51(61(71)77-57(42)49)62-58(68)43-17-19-53(72-7)48(29-43)39-11-8-12-46(67)28-39/h8,11-13,15-20,26-29,31-32,38,47,67H,9-10,14,21-25,30,33-34H2,1-7H3,(H,62,68)(H,63,69). The number of nitrogens with one attached hydrogen (secondary N) is 2. The fourth-order valence-corrected chi connectivity index (χ4v) is 10.1. The zero-order valence-corrected chi connectivity index (χ0v) is 44.5. The van der Waals surface area contributed by atoms with Gasteiger partial charge in [-0.15, -0.1) is 0 Å². The number of methoxy groups -OCH3 is 1. The molecule has 16 nitrogen and oxygen atoms in total. The molecular formula is C61H64N4O12. The minimum absolute atomic E-state index is 0.0402. The van der Waals surface area contributed by atoms with Gasteiger partial charge >= 0.3 is 17.2 Å². The summed E-state index contributed by atoms with van der Waals surface area (Å²) in [4.78, 5) is 73.6. The van der Waals surface area contributed by atoms with E-state index in [-0.39, 0.29) is 58.5 Å². The number of hydrogen-bond donors (Lipinski definition) is 3. The van der Waals surface area contributed by atoms with Crippen LogP contribution >= 0.6 is 0 Å². The van der Waals surface area contributed by atoms with Crippen LogP contribution in [0.4, 0.5) is 11.4 Å². The molecule has 2 fully saturated rings. The molecule has 77 heavy (non-hydrogen) atoms. The van der Waals surface area contributed by atoms with Crippen LogP contribution in [-0.2, 0) is 17.6 Å². The van der Waals surface area contributed by atoms with Crippen LogP contribution in [0, 0.1) is 12.8 Å². The Bertz CT molecular complexity index is 3550. The van der Waals surface area contributed by atoms with Crippen molar-refractivity contribution in [1.82, 2.24) is 9.80 Å². The van der Waals surface area contributed by atoms with E-state index in [2.05, 4.69) is 27.5 Å². The second-order valence-corrected chi connectivity index (χ2v) is 20.4. The number of phenolic OH excluding ortho intramolecular Hbond substituents is 1. The second kappa shape index (κ2) is 23.4. The van der Waals surface area contributed by atoms with Crippen LogP contribution in [0.3, 0.4) is 0 Å². The molecule has 9 rings (SSSR count). The zero-order valence-electron chi connectivity index (χ0n) is 44.5. The smallest absolute Gasteiger partial charge is 0.360 e. The third-order valence-corrected chi connectivity index (χ3v) is 14.2. The van der Waals surface area contributed by atoms with E-state index in [9.17, 15) is 29.1 Å². The molecule has 2 amide bonds. The van der Waals surface area contributed by atoms with Crippen LogP contribution in [0.5, 0.6) is 28.7 Å². The number of hydrogen-bond acceptors (Lipinski definition) is 14. The van der Waals surface area contributed by atoms with Gasteiger partial charge in [-0.25, -0.2) is 9.59 Å². The summed E-state index contributed by atoms with van der Waals surface area (Å²) in [5, 5.41) is 16.7. The van der Waals surface area contributed by atoms with Gasteiger partial charge in [-0.2, -0.15) is 0 Å². The van der Waals surface area contributed by atoms with Crippen LogP contribution in [0.15, 0.2) is 121 Å². The summed E-state index contributed by atoms with van der Waals surface area (Å²) in [5.41, 5.74) is 3.23. The highest BCUT2D eigenvalue weighted by Gasteiger charge is 2.26. The number of allylic oxidation sites excluding steroid dienone is 2. The van der Waals surface area contributed by atoms with Gasteiger partial charge < -0.3 is 53.3 Å². The number of benzene rings is 5. The second-order valence-electron chi connectivity index (χ2n) is 20.4. The maximum atomic E-state index is 14.5. The van der Waals surface area contributed by atoms with Gasteiger partial charge in [0.1, 0.15) is 57.4 Å². The molecule has 2 aliphatic rings. The average Bonchev–Trinajstić information content (AvgIpc) is 3.40. The molecule has 16 heteroatoms. The quantitative estimate of drug-likeness (QED) is 0.0357. The molecule has 0 saturated carbocycles. The Labute approximate surface area is 446 Å². The first-order valence-corrected chi connectivity index (χ1v) is 25.9. The number of carbonyl (C=O) groups is 3. The zero-order chi connectivity index (χ0) is 54.5. The van der Waals surface area contributed by atoms with E-state index < -0.39 is 29.0 Å². The molecule has 400 valence electrons. The van der Waals surface area contributed by atoms with E-state index in [1.54, 1.807) is 72.8 Å². The van der Waals surface area contributed by atoms with Gasteiger partial charge in [0.25, 0.3) is 11.8 Å². The Hall–Kier alpha value is -8.21. The van der Waals surface area contributed by atoms with E-state index >= 15 is 0 Å². The molecule has 4 heterocycles. The van der Waals surface area contributed by atoms with Crippen LogP contribution < -0.4 is 40.8 Å². The fraction of sp³-hybridized carbons (Fsp3) is 0.328. The summed E-state index contributed by atoms with van der Waals surface area (Å²) in [7, 11) is 5.67. The average molecular weight is 1050 g/mol. The fourth-order valence-electron chi connectivity index (χ4n) is 10.1. The lowest BCUT2D eigenvalue weighted by molar-refractivity contribution is -0.132. The largest absolute Gasteiger partial charge is 0.508 e. The Morgan fingerprint density at radius 2 is 1.40 bits per heavy atom. The number of rotatable bonds is 16. The first kappa shape index (κ1) is 53.6. The molecule has 7 aromatic rings. The number of carbonyl (C=O) groups excluding carboxylic acids is 3. The number of ether oxygens (including phenoxy) is 4. The Morgan fingerprint density at radius 1 is 0.740 bits per heavy atom. The molecule has 0 spiro atoms. The van der Waals surface area contributed by atoms with Crippen molar-refractivity contribution in [2.24, 2.45) is 5.92 Å². The number of nitrogens with zero attached hydrogens (tertiary/aromatic N) is 2. The number of esters is 1. The summed E-state index contributed by atoms with van der Waals surface area (Å²) < 4.78 is 36.6. The van der Waals surface area contributed by atoms with Crippen LogP contribution in [0.25, 0.3) is 33.1 Å². The monoisotopic (exact) mass is 1040 g/mol. The predicted octanol–water partition coefficient (Wildman–Crippen LogP) is 10.3. The van der Waals surface area contributed by atoms with Crippen LogP contribution in [-0.4, -0.2) is 92.8 Å². The minimum atomic E-state index is -0.844. The number of anilines is 2. The van der Waals surface area contributed by atoms with Gasteiger partial charge in [0.05, 0.1) is 13.7 Å². The van der Waals surface area contributed by atoms with E-state index in [0.717, 1.165) is 57.4 Å². The highest BCUT2D eigenvalue weighted by molar-refractivity contribution is 6.06. The maximum Gasteiger partial charge on any atom is 0.360 e. The number of aryl methyl sites for hydroxylation is 1. The molecular weight excluding hydrogens is 981 g/mol. The lowest BCUT2D eigenvalue weighted by atomic mass is 9.94. The van der Waals surface area contributed by atoms with Crippen molar-refractivity contribution >= 4 is 51.1 Å². The molecule has 0 radical (unpaired) electrons. The molecule has 5 aromatic carbocycles. The Kier molecular flexibility index (Phi) is 16.3. The Morgan fingerprint density at radius 3 is 2.08 bits per heavy atom. The van der Waals surface area contributed by atoms with Gasteiger partial charge in [-0.1, -0.05) is 23.8 Å². The summed E-state index contributed by atoms with van der Waals surface area (Å²) in [6, 6.07) is 24.9. The van der Waals surface area contributed by atoms with Crippen molar-refractivity contribution in [2.45, 2.75) is 72.3 Å². The van der Waals surface area contributed by atoms with Crippen molar-refractivity contribution in [3.63, 3.8) is 0 Å². The van der Waals surface area contributed by atoms with Crippen molar-refractivity contribution < 1.29 is 47.3 Å². The molecule has 2 aliphatic heterocycles. The van der Waals surface area contributed by atoms with Gasteiger partial charge in [-0.05, 0) is 164 Å². The van der Waals surface area contributed by atoms with Crippen molar-refractivity contribution in [1.29, 1.82) is 0 Å². The summed E-state index contributed by atoms with van der Waals surface area (Å²) in [6.45, 7) is 11.2. The molecule has 1 unspecified atom stereocenters. The van der Waals surface area contributed by atoms with Crippen molar-refractivity contribution in [3.05, 3.63) is 157 Å². The number of fused-ring (bicyclic) bond motifs is 2.